The second kappa shape index (κ2) is 6.20. The van der Waals surface area contributed by atoms with Crippen molar-refractivity contribution < 1.29 is 23.1 Å². The number of benzene rings is 1. The Kier molecular flexibility index (Phi) is 4.38. The van der Waals surface area contributed by atoms with Gasteiger partial charge in [-0.1, -0.05) is 17.7 Å². The van der Waals surface area contributed by atoms with Crippen molar-refractivity contribution in [2.45, 2.75) is 18.8 Å². The van der Waals surface area contributed by atoms with Gasteiger partial charge in [-0.25, -0.2) is 8.78 Å². The van der Waals surface area contributed by atoms with E-state index in [9.17, 15) is 18.4 Å². The number of rotatable bonds is 3. The average Bonchev–Trinajstić information content (AvgIpc) is 2.83. The first kappa shape index (κ1) is 17.0. The third-order valence-corrected chi connectivity index (χ3v) is 4.63. The fraction of sp³-hybridized carbons (Fsp3) is 0.500. The first-order chi connectivity index (χ1) is 11.3. The van der Waals surface area contributed by atoms with Gasteiger partial charge in [-0.15, -0.1) is 0 Å². The number of likely N-dealkylation sites (tertiary alicyclic amines) is 1. The maximum Gasteiger partial charge on any atom is 0.266 e. The van der Waals surface area contributed by atoms with Crippen LogP contribution in [0, 0.1) is 5.41 Å². The molecule has 2 heterocycles. The summed E-state index contributed by atoms with van der Waals surface area (Å²) >= 11 is 5.83. The van der Waals surface area contributed by atoms with E-state index < -0.39 is 36.1 Å². The Morgan fingerprint density at radius 3 is 2.83 bits per heavy atom. The van der Waals surface area contributed by atoms with Crippen LogP contribution in [0.15, 0.2) is 24.3 Å². The highest BCUT2D eigenvalue weighted by molar-refractivity contribution is 6.30. The first-order valence-electron chi connectivity index (χ1n) is 7.62. The molecule has 1 aromatic carbocycles. The number of amides is 2. The zero-order valence-corrected chi connectivity index (χ0v) is 13.6. The molecule has 0 saturated carbocycles. The van der Waals surface area contributed by atoms with Crippen LogP contribution >= 0.6 is 11.6 Å². The predicted molar refractivity (Wildman–Crippen MR) is 83.2 cm³/mol. The third kappa shape index (κ3) is 3.45. The van der Waals surface area contributed by atoms with Crippen LogP contribution in [-0.2, 0) is 9.59 Å². The van der Waals surface area contributed by atoms with E-state index in [2.05, 4.69) is 5.32 Å². The molecule has 2 fully saturated rings. The van der Waals surface area contributed by atoms with E-state index in [-0.39, 0.29) is 13.2 Å². The molecule has 0 aromatic heterocycles. The summed E-state index contributed by atoms with van der Waals surface area (Å²) in [7, 11) is 0. The molecule has 0 radical (unpaired) electrons. The second-order valence-electron chi connectivity index (χ2n) is 6.31. The van der Waals surface area contributed by atoms with Crippen molar-refractivity contribution in [2.24, 2.45) is 5.41 Å². The summed E-state index contributed by atoms with van der Waals surface area (Å²) in [5.41, 5.74) is -1.20. The predicted octanol–water partition coefficient (Wildman–Crippen LogP) is 2.09. The van der Waals surface area contributed by atoms with E-state index in [0.29, 0.717) is 23.7 Å². The van der Waals surface area contributed by atoms with Crippen LogP contribution in [0.2, 0.25) is 5.02 Å². The molecule has 8 heteroatoms. The highest BCUT2D eigenvalue weighted by atomic mass is 35.5. The van der Waals surface area contributed by atoms with Gasteiger partial charge in [0.25, 0.3) is 11.8 Å². The Labute approximate surface area is 142 Å². The largest absolute Gasteiger partial charge is 0.484 e. The lowest BCUT2D eigenvalue weighted by Crippen LogP contribution is -2.57. The summed E-state index contributed by atoms with van der Waals surface area (Å²) in [4.78, 5) is 25.3. The Morgan fingerprint density at radius 1 is 1.38 bits per heavy atom. The van der Waals surface area contributed by atoms with E-state index in [1.54, 1.807) is 18.2 Å². The number of alkyl halides is 2. The summed E-state index contributed by atoms with van der Waals surface area (Å²) in [6.07, 6.45) is -0.217. The van der Waals surface area contributed by atoms with Crippen LogP contribution < -0.4 is 10.1 Å². The lowest BCUT2D eigenvalue weighted by Gasteiger charge is -2.42. The Hall–Kier alpha value is -1.89. The lowest BCUT2D eigenvalue weighted by atomic mass is 9.77. The van der Waals surface area contributed by atoms with Crippen LogP contribution in [0.4, 0.5) is 8.78 Å². The molecule has 0 unspecified atom stereocenters. The molecule has 3 rings (SSSR count). The van der Waals surface area contributed by atoms with Crippen molar-refractivity contribution >= 4 is 23.4 Å². The number of nitrogens with one attached hydrogen (secondary N) is 1. The number of nitrogens with zero attached hydrogens (tertiary/aromatic N) is 1. The molecule has 2 aliphatic rings. The van der Waals surface area contributed by atoms with Crippen molar-refractivity contribution in [2.75, 3.05) is 26.2 Å². The van der Waals surface area contributed by atoms with Crippen LogP contribution in [0.3, 0.4) is 0 Å². The summed E-state index contributed by atoms with van der Waals surface area (Å²) in [5.74, 6) is -3.69. The SMILES string of the molecule is O=C(COc1cccc(Cl)c1)N1CC(F)(F)C[C@]2(CCNC2=O)C1. The maximum absolute atomic E-state index is 14.1. The van der Waals surface area contributed by atoms with Gasteiger partial charge in [-0.05, 0) is 24.6 Å². The van der Waals surface area contributed by atoms with Crippen molar-refractivity contribution in [1.82, 2.24) is 10.2 Å². The molecule has 2 amide bonds. The Morgan fingerprint density at radius 2 is 2.17 bits per heavy atom. The molecule has 0 bridgehead atoms. The molecular weight excluding hydrogens is 342 g/mol. The minimum absolute atomic E-state index is 0.00778. The van der Waals surface area contributed by atoms with Gasteiger partial charge < -0.3 is 15.0 Å². The van der Waals surface area contributed by atoms with E-state index >= 15 is 0 Å². The molecule has 0 aliphatic carbocycles. The van der Waals surface area contributed by atoms with E-state index in [1.807, 2.05) is 0 Å². The molecular formula is C16H17ClF2N2O3. The molecule has 24 heavy (non-hydrogen) atoms. The van der Waals surface area contributed by atoms with Crippen LogP contribution in [0.25, 0.3) is 0 Å². The van der Waals surface area contributed by atoms with Gasteiger partial charge in [0, 0.05) is 24.5 Å². The van der Waals surface area contributed by atoms with E-state index in [1.165, 1.54) is 6.07 Å². The Bertz CT molecular complexity index is 670. The first-order valence-corrected chi connectivity index (χ1v) is 8.00. The number of carbonyl (C=O) groups is 2. The summed E-state index contributed by atoms with van der Waals surface area (Å²) in [6.45, 7) is -0.726. The smallest absolute Gasteiger partial charge is 0.266 e. The van der Waals surface area contributed by atoms with Crippen LogP contribution in [0.5, 0.6) is 5.75 Å². The number of carbonyl (C=O) groups excluding carboxylic acids is 2. The standard InChI is InChI=1S/C16H17ClF2N2O3/c17-11-2-1-3-12(6-11)24-7-13(22)21-9-15(4-5-20-14(15)23)8-16(18,19)10-21/h1-3,6H,4-5,7-10H2,(H,20,23)/t15-/m1/s1. The topological polar surface area (TPSA) is 58.6 Å². The molecule has 2 saturated heterocycles. The molecule has 1 spiro atoms. The van der Waals surface area contributed by atoms with Gasteiger partial charge in [0.15, 0.2) is 6.61 Å². The van der Waals surface area contributed by atoms with Gasteiger partial charge in [0.2, 0.25) is 5.91 Å². The van der Waals surface area contributed by atoms with Gasteiger partial charge in [0.05, 0.1) is 12.0 Å². The minimum Gasteiger partial charge on any atom is -0.484 e. The van der Waals surface area contributed by atoms with Gasteiger partial charge in [0.1, 0.15) is 5.75 Å². The number of hydrogen-bond acceptors (Lipinski definition) is 3. The zero-order valence-electron chi connectivity index (χ0n) is 12.9. The molecule has 5 nitrogen and oxygen atoms in total. The van der Waals surface area contributed by atoms with Gasteiger partial charge >= 0.3 is 0 Å². The summed E-state index contributed by atoms with van der Waals surface area (Å²) in [5, 5.41) is 3.04. The lowest BCUT2D eigenvalue weighted by molar-refractivity contribution is -0.161. The Balaban J connectivity index is 1.68. The van der Waals surface area contributed by atoms with Gasteiger partial charge in [-0.3, -0.25) is 9.59 Å². The molecule has 1 N–H and O–H groups in total. The van der Waals surface area contributed by atoms with Crippen LogP contribution in [-0.4, -0.2) is 48.9 Å². The van der Waals surface area contributed by atoms with E-state index in [4.69, 9.17) is 16.3 Å². The number of hydrogen-bond donors (Lipinski definition) is 1. The zero-order chi connectivity index (χ0) is 17.4. The number of piperidine rings is 1. The molecule has 1 atom stereocenters. The highest BCUT2D eigenvalue weighted by Crippen LogP contribution is 2.43. The average molecular weight is 359 g/mol. The minimum atomic E-state index is -3.09. The summed E-state index contributed by atoms with van der Waals surface area (Å²) in [6, 6.07) is 6.47. The molecule has 130 valence electrons. The number of halogens is 3. The fourth-order valence-electron chi connectivity index (χ4n) is 3.31. The maximum atomic E-state index is 14.1. The fourth-order valence-corrected chi connectivity index (χ4v) is 3.49. The highest BCUT2D eigenvalue weighted by Gasteiger charge is 2.55. The van der Waals surface area contributed by atoms with Crippen LogP contribution in [0.1, 0.15) is 12.8 Å². The van der Waals surface area contributed by atoms with Crippen molar-refractivity contribution in [3.05, 3.63) is 29.3 Å². The van der Waals surface area contributed by atoms with Crippen molar-refractivity contribution in [1.29, 1.82) is 0 Å². The summed E-state index contributed by atoms with van der Waals surface area (Å²) < 4.78 is 33.5. The third-order valence-electron chi connectivity index (χ3n) is 4.39. The molecule has 1 aromatic rings. The normalized spacial score (nSPS) is 25.6. The second-order valence-corrected chi connectivity index (χ2v) is 6.75. The van der Waals surface area contributed by atoms with Gasteiger partial charge in [-0.2, -0.15) is 0 Å². The van der Waals surface area contributed by atoms with Crippen molar-refractivity contribution in [3.8, 4) is 5.75 Å². The molecule has 2 aliphatic heterocycles. The quantitative estimate of drug-likeness (QED) is 0.900. The number of ether oxygens (including phenoxy) is 1. The van der Waals surface area contributed by atoms with Crippen molar-refractivity contribution in [3.63, 3.8) is 0 Å². The monoisotopic (exact) mass is 358 g/mol. The van der Waals surface area contributed by atoms with E-state index in [0.717, 1.165) is 4.90 Å².